The number of carbonyl (C=O) groups is 3. The SMILES string of the molecule is CC(C)N(CC(O)COc1cccc2c1ccn2S(=O)(=O)C=O)C(=O)N1CCC(C2CCN(C(=O)C34CC5CC(CC(C5)C3)C4)CC2)CC1. The summed E-state index contributed by atoms with van der Waals surface area (Å²) in [6.07, 6.45) is 11.8. The molecule has 2 aliphatic heterocycles. The van der Waals surface area contributed by atoms with Gasteiger partial charge in [-0.2, -0.15) is 8.42 Å². The van der Waals surface area contributed by atoms with Gasteiger partial charge < -0.3 is 24.5 Å². The van der Waals surface area contributed by atoms with Gasteiger partial charge in [-0.25, -0.2) is 8.77 Å². The van der Waals surface area contributed by atoms with Gasteiger partial charge in [0.1, 0.15) is 18.5 Å². The van der Waals surface area contributed by atoms with Crippen LogP contribution in [-0.2, 0) is 19.6 Å². The van der Waals surface area contributed by atoms with Crippen LogP contribution in [0.1, 0.15) is 78.1 Å². The van der Waals surface area contributed by atoms with Gasteiger partial charge in [0.05, 0.1) is 17.5 Å². The summed E-state index contributed by atoms with van der Waals surface area (Å²) >= 11 is 0. The van der Waals surface area contributed by atoms with Crippen molar-refractivity contribution in [3.8, 4) is 5.75 Å². The van der Waals surface area contributed by atoms with Crippen LogP contribution in [0.3, 0.4) is 0 Å². The van der Waals surface area contributed by atoms with Gasteiger partial charge in [-0.05, 0) is 126 Å². The third kappa shape index (κ3) is 6.71. The standard InChI is InChI=1S/C37H52N4O7S/c1-25(2)40(22-31(43)23-48-34-5-3-4-33-32(34)10-15-41(33)49(46,47)24-42)36(45)39-13-8-30(9-14-39)29-6-11-38(12-7-29)35(44)37-19-26-16-27(20-37)18-28(17-26)21-37/h3-5,10,15,24-31,43H,6-9,11-14,16-23H2,1-2H3. The van der Waals surface area contributed by atoms with Crippen molar-refractivity contribution in [1.82, 2.24) is 18.7 Å². The Morgan fingerprint density at radius 1 is 0.939 bits per heavy atom. The molecule has 1 N–H and O–H groups in total. The molecule has 1 aromatic carbocycles. The summed E-state index contributed by atoms with van der Waals surface area (Å²) in [6, 6.07) is 6.23. The Bertz CT molecular complexity index is 1620. The molecule has 49 heavy (non-hydrogen) atoms. The second-order valence-corrected chi connectivity index (χ2v) is 17.7. The van der Waals surface area contributed by atoms with Crippen LogP contribution < -0.4 is 4.74 Å². The molecule has 4 bridgehead atoms. The maximum Gasteiger partial charge on any atom is 0.320 e. The van der Waals surface area contributed by atoms with Crippen molar-refractivity contribution in [2.24, 2.45) is 35.0 Å². The average Bonchev–Trinajstić information content (AvgIpc) is 3.55. The molecular weight excluding hydrogens is 644 g/mol. The smallest absolute Gasteiger partial charge is 0.320 e. The van der Waals surface area contributed by atoms with Crippen molar-refractivity contribution in [1.29, 1.82) is 0 Å². The number of piperidine rings is 2. The molecule has 3 heterocycles. The molecule has 2 saturated heterocycles. The summed E-state index contributed by atoms with van der Waals surface area (Å²) in [7, 11) is -4.13. The van der Waals surface area contributed by atoms with E-state index >= 15 is 0 Å². The summed E-state index contributed by atoms with van der Waals surface area (Å²) in [4.78, 5) is 44.5. The predicted octanol–water partition coefficient (Wildman–Crippen LogP) is 4.75. The van der Waals surface area contributed by atoms with Crippen LogP contribution in [0.4, 0.5) is 4.79 Å². The minimum atomic E-state index is -4.13. The lowest BCUT2D eigenvalue weighted by atomic mass is 9.49. The van der Waals surface area contributed by atoms with E-state index < -0.39 is 16.1 Å². The maximum atomic E-state index is 13.9. The Hall–Kier alpha value is -3.12. The number of fused-ring (bicyclic) bond motifs is 1. The highest BCUT2D eigenvalue weighted by Gasteiger charge is 2.55. The summed E-state index contributed by atoms with van der Waals surface area (Å²) < 4.78 is 31.0. The fourth-order valence-electron chi connectivity index (χ4n) is 10.5. The molecule has 2 aromatic rings. The van der Waals surface area contributed by atoms with Crippen LogP contribution in [-0.4, -0.2) is 101 Å². The van der Waals surface area contributed by atoms with Crippen molar-refractivity contribution in [3.63, 3.8) is 0 Å². The minimum absolute atomic E-state index is 0.0563. The van der Waals surface area contributed by atoms with Gasteiger partial charge in [-0.15, -0.1) is 0 Å². The third-order valence-electron chi connectivity index (χ3n) is 12.6. The Morgan fingerprint density at radius 2 is 1.51 bits per heavy atom. The van der Waals surface area contributed by atoms with Crippen LogP contribution in [0, 0.1) is 35.0 Å². The van der Waals surface area contributed by atoms with Crippen LogP contribution >= 0.6 is 0 Å². The number of amides is 3. The molecule has 6 fully saturated rings. The van der Waals surface area contributed by atoms with Crippen LogP contribution in [0.2, 0.25) is 0 Å². The highest BCUT2D eigenvalue weighted by Crippen LogP contribution is 2.60. The monoisotopic (exact) mass is 696 g/mol. The van der Waals surface area contributed by atoms with E-state index in [0.29, 0.717) is 47.5 Å². The normalized spacial score (nSPS) is 28.3. The molecule has 11 nitrogen and oxygen atoms in total. The van der Waals surface area contributed by atoms with E-state index in [1.807, 2.05) is 18.7 Å². The zero-order valence-electron chi connectivity index (χ0n) is 28.9. The lowest BCUT2D eigenvalue weighted by molar-refractivity contribution is -0.159. The molecule has 4 saturated carbocycles. The lowest BCUT2D eigenvalue weighted by Crippen LogP contribution is -2.56. The molecule has 1 atom stereocenters. The summed E-state index contributed by atoms with van der Waals surface area (Å²) in [5.74, 6) is 4.34. The topological polar surface area (TPSA) is 129 Å². The Balaban J connectivity index is 0.883. The van der Waals surface area contributed by atoms with E-state index in [-0.39, 0.29) is 36.3 Å². The largest absolute Gasteiger partial charge is 0.490 e. The Morgan fingerprint density at radius 3 is 2.06 bits per heavy atom. The first-order valence-electron chi connectivity index (χ1n) is 18.4. The zero-order valence-corrected chi connectivity index (χ0v) is 29.7. The summed E-state index contributed by atoms with van der Waals surface area (Å²) in [5, 5.41) is 11.4. The number of nitrogens with zero attached hydrogens (tertiary/aromatic N) is 4. The molecule has 12 heteroatoms. The van der Waals surface area contributed by atoms with Gasteiger partial charge >= 0.3 is 6.03 Å². The number of rotatable bonds is 10. The first-order chi connectivity index (χ1) is 23.5. The fourth-order valence-corrected chi connectivity index (χ4v) is 11.3. The number of benzene rings is 1. The number of aliphatic hydroxyl groups is 1. The van der Waals surface area contributed by atoms with E-state index in [0.717, 1.165) is 79.8 Å². The van der Waals surface area contributed by atoms with Crippen LogP contribution in [0.5, 0.6) is 5.75 Å². The van der Waals surface area contributed by atoms with Gasteiger partial charge in [0.15, 0.2) is 0 Å². The number of hydrogen-bond donors (Lipinski definition) is 1. The minimum Gasteiger partial charge on any atom is -0.490 e. The van der Waals surface area contributed by atoms with Crippen molar-refractivity contribution >= 4 is 38.5 Å². The second-order valence-electron chi connectivity index (χ2n) is 16.1. The Labute approximate surface area is 290 Å². The average molecular weight is 697 g/mol. The van der Waals surface area contributed by atoms with Gasteiger partial charge in [0.25, 0.3) is 15.6 Å². The molecule has 0 spiro atoms. The highest BCUT2D eigenvalue weighted by atomic mass is 32.2. The van der Waals surface area contributed by atoms with E-state index in [9.17, 15) is 27.9 Å². The van der Waals surface area contributed by atoms with Crippen molar-refractivity contribution < 1.29 is 32.6 Å². The maximum absolute atomic E-state index is 13.9. The Kier molecular flexibility index (Phi) is 9.49. The molecule has 3 amide bonds. The van der Waals surface area contributed by atoms with E-state index in [1.54, 1.807) is 29.2 Å². The summed E-state index contributed by atoms with van der Waals surface area (Å²) in [5.41, 5.74) is 0.149. The number of carbonyl (C=O) groups excluding carboxylic acids is 3. The number of likely N-dealkylation sites (tertiary alicyclic amines) is 2. The number of hydrogen-bond acceptors (Lipinski definition) is 7. The third-order valence-corrected chi connectivity index (χ3v) is 13.7. The lowest BCUT2D eigenvalue weighted by Gasteiger charge is -2.57. The van der Waals surface area contributed by atoms with Crippen LogP contribution in [0.15, 0.2) is 30.5 Å². The number of urea groups is 1. The molecular formula is C37H52N4O7S. The van der Waals surface area contributed by atoms with E-state index in [2.05, 4.69) is 4.90 Å². The molecule has 6 aliphatic rings. The number of ether oxygens (including phenoxy) is 1. The second kappa shape index (κ2) is 13.5. The molecule has 4 aliphatic carbocycles. The van der Waals surface area contributed by atoms with Crippen molar-refractivity contribution in [2.45, 2.75) is 90.2 Å². The van der Waals surface area contributed by atoms with Gasteiger partial charge in [0.2, 0.25) is 5.91 Å². The van der Waals surface area contributed by atoms with Crippen molar-refractivity contribution in [3.05, 3.63) is 30.5 Å². The van der Waals surface area contributed by atoms with E-state index in [4.69, 9.17) is 4.74 Å². The first kappa shape index (κ1) is 34.3. The number of aromatic nitrogens is 1. The quantitative estimate of drug-likeness (QED) is 0.355. The van der Waals surface area contributed by atoms with Gasteiger partial charge in [-0.3, -0.25) is 9.59 Å². The summed E-state index contributed by atoms with van der Waals surface area (Å²) in [6.45, 7) is 7.02. The predicted molar refractivity (Wildman–Crippen MR) is 186 cm³/mol. The van der Waals surface area contributed by atoms with Crippen LogP contribution in [0.25, 0.3) is 10.9 Å². The highest BCUT2D eigenvalue weighted by molar-refractivity contribution is 8.03. The molecule has 1 unspecified atom stereocenters. The van der Waals surface area contributed by atoms with Gasteiger partial charge in [-0.1, -0.05) is 6.07 Å². The molecule has 1 aromatic heterocycles. The van der Waals surface area contributed by atoms with Gasteiger partial charge in [0, 0.05) is 43.8 Å². The first-order valence-corrected chi connectivity index (χ1v) is 19.9. The van der Waals surface area contributed by atoms with E-state index in [1.165, 1.54) is 25.5 Å². The molecule has 8 rings (SSSR count). The fraction of sp³-hybridized carbons (Fsp3) is 0.703. The van der Waals surface area contributed by atoms with Crippen molar-refractivity contribution in [2.75, 3.05) is 39.3 Å². The number of aliphatic hydroxyl groups excluding tert-OH is 1. The zero-order chi connectivity index (χ0) is 34.5. The molecule has 0 radical (unpaired) electrons. The molecule has 268 valence electrons.